The molecule has 0 unspecified atom stereocenters. The van der Waals surface area contributed by atoms with Crippen LogP contribution in [0.3, 0.4) is 0 Å². The maximum atomic E-state index is 12.0. The number of nitrogens with zero attached hydrogens (tertiary/aromatic N) is 1. The van der Waals surface area contributed by atoms with Crippen LogP contribution >= 0.6 is 27.3 Å². The maximum Gasteiger partial charge on any atom is 0.242 e. The van der Waals surface area contributed by atoms with Gasteiger partial charge in [-0.05, 0) is 35.8 Å². The van der Waals surface area contributed by atoms with E-state index >= 15 is 0 Å². The Morgan fingerprint density at radius 1 is 1.56 bits per heavy atom. The number of rotatable bonds is 5. The molecule has 0 bridgehead atoms. The van der Waals surface area contributed by atoms with E-state index in [1.165, 1.54) is 22.3 Å². The first-order valence-electron chi connectivity index (χ1n) is 5.27. The third-order valence-electron chi connectivity index (χ3n) is 2.45. The van der Waals surface area contributed by atoms with Gasteiger partial charge in [-0.15, -0.1) is 11.3 Å². The van der Waals surface area contributed by atoms with Crippen molar-refractivity contribution < 1.29 is 13.2 Å². The van der Waals surface area contributed by atoms with Crippen molar-refractivity contribution in [2.75, 3.05) is 20.1 Å². The molecule has 18 heavy (non-hydrogen) atoms. The number of sulfonamides is 1. The van der Waals surface area contributed by atoms with Crippen molar-refractivity contribution in [2.24, 2.45) is 0 Å². The summed E-state index contributed by atoms with van der Waals surface area (Å²) < 4.78 is 27.0. The molecule has 1 aromatic rings. The van der Waals surface area contributed by atoms with Crippen molar-refractivity contribution in [1.82, 2.24) is 9.62 Å². The minimum atomic E-state index is -3.62. The summed E-state index contributed by atoms with van der Waals surface area (Å²) in [7, 11) is -2.00. The third-order valence-corrected chi connectivity index (χ3v) is 5.66. The molecule has 1 rings (SSSR count). The lowest BCUT2D eigenvalue weighted by Gasteiger charge is -2.14. The molecule has 0 aliphatic carbocycles. The molecule has 0 radical (unpaired) electrons. The van der Waals surface area contributed by atoms with Gasteiger partial charge in [0.2, 0.25) is 15.9 Å². The SMILES string of the molecule is CCN(C)C(=O)CNS(=O)(=O)c1cc(Br)sc1C. The summed E-state index contributed by atoms with van der Waals surface area (Å²) in [5.41, 5.74) is 0. The van der Waals surface area contributed by atoms with E-state index in [9.17, 15) is 13.2 Å². The summed E-state index contributed by atoms with van der Waals surface area (Å²) in [4.78, 5) is 13.9. The largest absolute Gasteiger partial charge is 0.345 e. The highest BCUT2D eigenvalue weighted by Gasteiger charge is 2.20. The molecule has 1 amide bonds. The van der Waals surface area contributed by atoms with Crippen molar-refractivity contribution >= 4 is 43.2 Å². The van der Waals surface area contributed by atoms with E-state index in [0.717, 1.165) is 3.79 Å². The minimum Gasteiger partial charge on any atom is -0.345 e. The highest BCUT2D eigenvalue weighted by Crippen LogP contribution is 2.29. The number of thiophene rings is 1. The third kappa shape index (κ3) is 3.78. The summed E-state index contributed by atoms with van der Waals surface area (Å²) in [5, 5.41) is 0. The summed E-state index contributed by atoms with van der Waals surface area (Å²) >= 11 is 4.58. The van der Waals surface area contributed by atoms with Gasteiger partial charge in [-0.2, -0.15) is 0 Å². The van der Waals surface area contributed by atoms with Crippen LogP contribution in [0.15, 0.2) is 14.7 Å². The van der Waals surface area contributed by atoms with Gasteiger partial charge in [0, 0.05) is 18.5 Å². The molecule has 0 fully saturated rings. The van der Waals surface area contributed by atoms with Crippen LogP contribution in [0.1, 0.15) is 11.8 Å². The number of hydrogen-bond donors (Lipinski definition) is 1. The fourth-order valence-corrected chi connectivity index (χ4v) is 4.63. The zero-order valence-corrected chi connectivity index (χ0v) is 13.6. The standard InChI is InChI=1S/C10H15BrN2O3S2/c1-4-13(3)10(14)6-12-18(15,16)8-5-9(11)17-7(8)2/h5,12H,4,6H2,1-3H3. The number of amides is 1. The summed E-state index contributed by atoms with van der Waals surface area (Å²) in [6, 6.07) is 1.54. The molecule has 1 heterocycles. The van der Waals surface area contributed by atoms with E-state index in [-0.39, 0.29) is 17.3 Å². The Morgan fingerprint density at radius 2 is 2.17 bits per heavy atom. The minimum absolute atomic E-state index is 0.214. The van der Waals surface area contributed by atoms with E-state index in [0.29, 0.717) is 11.4 Å². The smallest absolute Gasteiger partial charge is 0.242 e. The molecular weight excluding hydrogens is 340 g/mol. The summed E-state index contributed by atoms with van der Waals surface area (Å²) in [5.74, 6) is -0.256. The van der Waals surface area contributed by atoms with Crippen LogP contribution in [0, 0.1) is 6.92 Å². The van der Waals surface area contributed by atoms with Crippen LogP contribution in [0.5, 0.6) is 0 Å². The lowest BCUT2D eigenvalue weighted by molar-refractivity contribution is -0.128. The van der Waals surface area contributed by atoms with Gasteiger partial charge in [-0.25, -0.2) is 13.1 Å². The van der Waals surface area contributed by atoms with E-state index < -0.39 is 10.0 Å². The second kappa shape index (κ2) is 6.14. The van der Waals surface area contributed by atoms with Gasteiger partial charge in [-0.1, -0.05) is 0 Å². The first kappa shape index (κ1) is 15.6. The van der Waals surface area contributed by atoms with Crippen molar-refractivity contribution in [3.63, 3.8) is 0 Å². The topological polar surface area (TPSA) is 66.5 Å². The van der Waals surface area contributed by atoms with Crippen molar-refractivity contribution in [2.45, 2.75) is 18.7 Å². The van der Waals surface area contributed by atoms with Crippen molar-refractivity contribution in [3.8, 4) is 0 Å². The average molecular weight is 355 g/mol. The molecule has 5 nitrogen and oxygen atoms in total. The van der Waals surface area contributed by atoms with Gasteiger partial charge in [0.1, 0.15) is 0 Å². The van der Waals surface area contributed by atoms with Gasteiger partial charge in [0.05, 0.1) is 15.2 Å². The molecule has 0 aliphatic rings. The molecule has 1 aromatic heterocycles. The van der Waals surface area contributed by atoms with Gasteiger partial charge in [0.25, 0.3) is 0 Å². The number of hydrogen-bond acceptors (Lipinski definition) is 4. The molecule has 0 saturated heterocycles. The molecule has 0 aromatic carbocycles. The highest BCUT2D eigenvalue weighted by molar-refractivity contribution is 9.11. The van der Waals surface area contributed by atoms with E-state index in [1.54, 1.807) is 14.0 Å². The van der Waals surface area contributed by atoms with Crippen LogP contribution in [0.2, 0.25) is 0 Å². The second-order valence-electron chi connectivity index (χ2n) is 3.70. The lowest BCUT2D eigenvalue weighted by atomic mass is 10.5. The average Bonchev–Trinajstić information content (AvgIpc) is 2.65. The van der Waals surface area contributed by atoms with Crippen molar-refractivity contribution in [3.05, 3.63) is 14.7 Å². The molecule has 102 valence electrons. The van der Waals surface area contributed by atoms with Gasteiger partial charge in [0.15, 0.2) is 0 Å². The van der Waals surface area contributed by atoms with Crippen LogP contribution in [0.4, 0.5) is 0 Å². The van der Waals surface area contributed by atoms with Crippen LogP contribution in [0.25, 0.3) is 0 Å². The summed E-state index contributed by atoms with van der Waals surface area (Å²) in [6.07, 6.45) is 0. The van der Waals surface area contributed by atoms with E-state index in [4.69, 9.17) is 0 Å². The highest BCUT2D eigenvalue weighted by atomic mass is 79.9. The van der Waals surface area contributed by atoms with Crippen LogP contribution in [-0.2, 0) is 14.8 Å². The first-order valence-corrected chi connectivity index (χ1v) is 8.36. The molecule has 0 aliphatic heterocycles. The number of aryl methyl sites for hydroxylation is 1. The first-order chi connectivity index (χ1) is 8.27. The number of carbonyl (C=O) groups is 1. The van der Waals surface area contributed by atoms with Crippen molar-refractivity contribution in [1.29, 1.82) is 0 Å². The monoisotopic (exact) mass is 354 g/mol. The lowest BCUT2D eigenvalue weighted by Crippen LogP contribution is -2.38. The zero-order valence-electron chi connectivity index (χ0n) is 10.4. The molecule has 1 N–H and O–H groups in total. The maximum absolute atomic E-state index is 12.0. The molecule has 8 heteroatoms. The number of likely N-dealkylation sites (N-methyl/N-ethyl adjacent to an activating group) is 1. The number of halogens is 1. The fraction of sp³-hybridized carbons (Fsp3) is 0.500. The van der Waals surface area contributed by atoms with Gasteiger partial charge >= 0.3 is 0 Å². The van der Waals surface area contributed by atoms with Gasteiger partial charge in [-0.3, -0.25) is 4.79 Å². The molecule has 0 atom stereocenters. The Hall–Kier alpha value is -0.440. The van der Waals surface area contributed by atoms with Crippen LogP contribution < -0.4 is 4.72 Å². The van der Waals surface area contributed by atoms with E-state index in [2.05, 4.69) is 20.7 Å². The molecule has 0 saturated carbocycles. The Bertz CT molecular complexity index is 539. The molecular formula is C10H15BrN2O3S2. The summed E-state index contributed by atoms with van der Waals surface area (Å²) in [6.45, 7) is 3.87. The normalized spacial score (nSPS) is 11.6. The number of nitrogens with one attached hydrogen (secondary N) is 1. The quantitative estimate of drug-likeness (QED) is 0.872. The van der Waals surface area contributed by atoms with Crippen LogP contribution in [-0.4, -0.2) is 39.4 Å². The molecule has 0 spiro atoms. The Balaban J connectivity index is 2.78. The van der Waals surface area contributed by atoms with Gasteiger partial charge < -0.3 is 4.90 Å². The number of carbonyl (C=O) groups excluding carboxylic acids is 1. The second-order valence-corrected chi connectivity index (χ2v) is 8.07. The Kier molecular flexibility index (Phi) is 5.32. The predicted octanol–water partition coefficient (Wildman–Crippen LogP) is 1.58. The Labute approximate surface area is 119 Å². The van der Waals surface area contributed by atoms with E-state index in [1.807, 2.05) is 6.92 Å². The zero-order chi connectivity index (χ0) is 13.9. The Morgan fingerprint density at radius 3 is 2.61 bits per heavy atom. The fourth-order valence-electron chi connectivity index (χ4n) is 1.24. The predicted molar refractivity (Wildman–Crippen MR) is 75.3 cm³/mol.